The van der Waals surface area contributed by atoms with Crippen LogP contribution in [0.4, 0.5) is 0 Å². The van der Waals surface area contributed by atoms with E-state index < -0.39 is 0 Å². The second kappa shape index (κ2) is 11.7. The van der Waals surface area contributed by atoms with Crippen LogP contribution in [0.1, 0.15) is 63.8 Å². The molecule has 0 aliphatic carbocycles. The molecule has 2 heterocycles. The van der Waals surface area contributed by atoms with E-state index in [1.54, 1.807) is 7.05 Å². The molecule has 0 bridgehead atoms. The van der Waals surface area contributed by atoms with Crippen LogP contribution < -0.4 is 16.0 Å². The third-order valence-electron chi connectivity index (χ3n) is 5.29. The number of rotatable bonds is 9. The highest BCUT2D eigenvalue weighted by Crippen LogP contribution is 2.22. The number of nitrogens with zero attached hydrogens (tertiary/aromatic N) is 3. The zero-order valence-corrected chi connectivity index (χ0v) is 17.8. The van der Waals surface area contributed by atoms with Gasteiger partial charge in [0.05, 0.1) is 12.2 Å². The van der Waals surface area contributed by atoms with Gasteiger partial charge in [0.25, 0.3) is 0 Å². The van der Waals surface area contributed by atoms with Gasteiger partial charge < -0.3 is 20.5 Å². The van der Waals surface area contributed by atoms with Crippen LogP contribution in [0.15, 0.2) is 15.6 Å². The van der Waals surface area contributed by atoms with Crippen LogP contribution in [0.3, 0.4) is 0 Å². The van der Waals surface area contributed by atoms with Crippen LogP contribution in [-0.4, -0.2) is 61.2 Å². The minimum absolute atomic E-state index is 0.0705. The summed E-state index contributed by atoms with van der Waals surface area (Å²) in [5, 5.41) is 13.7. The first-order valence-corrected chi connectivity index (χ1v) is 10.5. The zero-order valence-electron chi connectivity index (χ0n) is 17.8. The minimum atomic E-state index is 0.0705. The summed E-state index contributed by atoms with van der Waals surface area (Å²) in [6.45, 7) is 9.97. The van der Waals surface area contributed by atoms with E-state index in [4.69, 9.17) is 4.52 Å². The molecular formula is C20H36N6O2. The van der Waals surface area contributed by atoms with E-state index in [9.17, 15) is 4.79 Å². The molecule has 0 atom stereocenters. The molecule has 1 saturated heterocycles. The number of hydrogen-bond donors (Lipinski definition) is 3. The largest absolute Gasteiger partial charge is 0.359 e. The Morgan fingerprint density at radius 1 is 1.32 bits per heavy atom. The SMILES string of the molecule is CCNC(=NCc1cc(C(CC)CC)no1)NC1CCN(CC(=O)NC)CC1. The fourth-order valence-electron chi connectivity index (χ4n) is 3.49. The van der Waals surface area contributed by atoms with Gasteiger partial charge in [-0.15, -0.1) is 0 Å². The van der Waals surface area contributed by atoms with Crippen molar-refractivity contribution in [2.75, 3.05) is 33.2 Å². The molecule has 158 valence electrons. The molecule has 8 heteroatoms. The monoisotopic (exact) mass is 392 g/mol. The average Bonchev–Trinajstić information content (AvgIpc) is 3.17. The Morgan fingerprint density at radius 2 is 2.04 bits per heavy atom. The van der Waals surface area contributed by atoms with Crippen LogP contribution in [0.5, 0.6) is 0 Å². The molecule has 1 fully saturated rings. The lowest BCUT2D eigenvalue weighted by Gasteiger charge is -2.32. The van der Waals surface area contributed by atoms with Crippen LogP contribution in [0, 0.1) is 0 Å². The fraction of sp³-hybridized carbons (Fsp3) is 0.750. The summed E-state index contributed by atoms with van der Waals surface area (Å²) in [6.07, 6.45) is 4.11. The summed E-state index contributed by atoms with van der Waals surface area (Å²) in [5.41, 5.74) is 1.02. The number of guanidine groups is 1. The molecule has 0 radical (unpaired) electrons. The lowest BCUT2D eigenvalue weighted by Crippen LogP contribution is -2.50. The van der Waals surface area contributed by atoms with Crippen molar-refractivity contribution in [3.05, 3.63) is 17.5 Å². The van der Waals surface area contributed by atoms with Crippen LogP contribution >= 0.6 is 0 Å². The van der Waals surface area contributed by atoms with Crippen LogP contribution in [0.25, 0.3) is 0 Å². The molecule has 1 aromatic heterocycles. The van der Waals surface area contributed by atoms with Crippen molar-refractivity contribution < 1.29 is 9.32 Å². The Labute approximate surface area is 168 Å². The van der Waals surface area contributed by atoms with Gasteiger partial charge in [-0.05, 0) is 32.6 Å². The van der Waals surface area contributed by atoms with Crippen molar-refractivity contribution in [3.8, 4) is 0 Å². The molecule has 0 unspecified atom stereocenters. The summed E-state index contributed by atoms with van der Waals surface area (Å²) in [5.74, 6) is 2.11. The van der Waals surface area contributed by atoms with Gasteiger partial charge in [-0.1, -0.05) is 19.0 Å². The van der Waals surface area contributed by atoms with Gasteiger partial charge >= 0.3 is 0 Å². The number of piperidine rings is 1. The number of carbonyl (C=O) groups is 1. The molecule has 0 aromatic carbocycles. The molecule has 28 heavy (non-hydrogen) atoms. The van der Waals surface area contributed by atoms with Gasteiger partial charge in [-0.3, -0.25) is 9.69 Å². The number of nitrogens with one attached hydrogen (secondary N) is 3. The maximum Gasteiger partial charge on any atom is 0.233 e. The summed E-state index contributed by atoms with van der Waals surface area (Å²) in [4.78, 5) is 18.4. The molecule has 1 aromatic rings. The normalized spacial score (nSPS) is 16.4. The second-order valence-corrected chi connectivity index (χ2v) is 7.29. The quantitative estimate of drug-likeness (QED) is 0.438. The molecule has 1 aliphatic heterocycles. The highest BCUT2D eigenvalue weighted by Gasteiger charge is 2.21. The summed E-state index contributed by atoms with van der Waals surface area (Å²) < 4.78 is 5.47. The van der Waals surface area contributed by atoms with Gasteiger partial charge in [0.15, 0.2) is 11.7 Å². The van der Waals surface area contributed by atoms with Gasteiger partial charge in [-0.25, -0.2) is 4.99 Å². The molecular weight excluding hydrogens is 356 g/mol. The van der Waals surface area contributed by atoms with E-state index in [1.165, 1.54) is 0 Å². The fourth-order valence-corrected chi connectivity index (χ4v) is 3.49. The van der Waals surface area contributed by atoms with E-state index in [0.717, 1.165) is 62.7 Å². The van der Waals surface area contributed by atoms with Crippen LogP contribution in [-0.2, 0) is 11.3 Å². The van der Waals surface area contributed by atoms with Crippen molar-refractivity contribution in [2.24, 2.45) is 4.99 Å². The van der Waals surface area contributed by atoms with Crippen LogP contribution in [0.2, 0.25) is 0 Å². The van der Waals surface area contributed by atoms with E-state index >= 15 is 0 Å². The third kappa shape index (κ3) is 6.82. The highest BCUT2D eigenvalue weighted by atomic mass is 16.5. The number of hydrogen-bond acceptors (Lipinski definition) is 5. The Balaban J connectivity index is 1.87. The minimum Gasteiger partial charge on any atom is -0.359 e. The maximum absolute atomic E-state index is 11.5. The van der Waals surface area contributed by atoms with Gasteiger partial charge in [0, 0.05) is 44.7 Å². The zero-order chi connectivity index (χ0) is 20.4. The lowest BCUT2D eigenvalue weighted by atomic mass is 9.99. The topological polar surface area (TPSA) is 94.8 Å². The highest BCUT2D eigenvalue weighted by molar-refractivity contribution is 5.80. The number of likely N-dealkylation sites (tertiary alicyclic amines) is 1. The summed E-state index contributed by atoms with van der Waals surface area (Å²) in [7, 11) is 1.68. The Bertz CT molecular complexity index is 618. The molecule has 3 N–H and O–H groups in total. The lowest BCUT2D eigenvalue weighted by molar-refractivity contribution is -0.122. The first-order chi connectivity index (χ1) is 13.6. The van der Waals surface area contributed by atoms with Crippen molar-refractivity contribution in [1.82, 2.24) is 26.0 Å². The van der Waals surface area contributed by atoms with Crippen molar-refractivity contribution in [3.63, 3.8) is 0 Å². The standard InChI is InChI=1S/C20H36N6O2/c1-5-15(6-2)18-12-17(28-25-18)13-23-20(22-7-3)24-16-8-10-26(11-9-16)14-19(27)21-4/h12,15-16H,5-11,13-14H2,1-4H3,(H,21,27)(H2,22,23,24). The predicted octanol–water partition coefficient (Wildman–Crippen LogP) is 1.84. The molecule has 8 nitrogen and oxygen atoms in total. The van der Waals surface area contributed by atoms with E-state index in [0.29, 0.717) is 25.0 Å². The van der Waals surface area contributed by atoms with Gasteiger partial charge in [0.1, 0.15) is 6.54 Å². The average molecular weight is 393 g/mol. The van der Waals surface area contributed by atoms with Crippen molar-refractivity contribution in [2.45, 2.75) is 65.0 Å². The third-order valence-corrected chi connectivity index (χ3v) is 5.29. The molecule has 1 aliphatic rings. The number of aliphatic imine (C=N–C) groups is 1. The molecule has 0 saturated carbocycles. The number of aromatic nitrogens is 1. The molecule has 2 rings (SSSR count). The number of carbonyl (C=O) groups excluding carboxylic acids is 1. The summed E-state index contributed by atoms with van der Waals surface area (Å²) in [6, 6.07) is 2.38. The van der Waals surface area contributed by atoms with Crippen molar-refractivity contribution in [1.29, 1.82) is 0 Å². The second-order valence-electron chi connectivity index (χ2n) is 7.29. The molecule has 1 amide bonds. The Hall–Kier alpha value is -2.09. The number of amides is 1. The first-order valence-electron chi connectivity index (χ1n) is 10.5. The smallest absolute Gasteiger partial charge is 0.233 e. The van der Waals surface area contributed by atoms with Gasteiger partial charge in [0.2, 0.25) is 5.91 Å². The predicted molar refractivity (Wildman–Crippen MR) is 111 cm³/mol. The number of likely N-dealkylation sites (N-methyl/N-ethyl adjacent to an activating group) is 1. The van der Waals surface area contributed by atoms with Crippen molar-refractivity contribution >= 4 is 11.9 Å². The maximum atomic E-state index is 11.5. The summed E-state index contributed by atoms with van der Waals surface area (Å²) >= 11 is 0. The Kier molecular flexibility index (Phi) is 9.27. The van der Waals surface area contributed by atoms with E-state index in [1.807, 2.05) is 6.07 Å². The van der Waals surface area contributed by atoms with E-state index in [-0.39, 0.29) is 5.91 Å². The Morgan fingerprint density at radius 3 is 2.64 bits per heavy atom. The van der Waals surface area contributed by atoms with E-state index in [2.05, 4.69) is 51.8 Å². The molecule has 0 spiro atoms. The van der Waals surface area contributed by atoms with Gasteiger partial charge in [-0.2, -0.15) is 0 Å². The first kappa shape index (κ1) is 22.2.